The molecule has 1 aromatic carbocycles. The van der Waals surface area contributed by atoms with Crippen molar-refractivity contribution in [1.29, 1.82) is 0 Å². The van der Waals surface area contributed by atoms with Gasteiger partial charge in [-0.3, -0.25) is 0 Å². The average Bonchev–Trinajstić information content (AvgIpc) is 2.29. The molecule has 90 valence electrons. The molecule has 2 N–H and O–H groups in total. The summed E-state index contributed by atoms with van der Waals surface area (Å²) in [6, 6.07) is 6.14. The fourth-order valence-electron chi connectivity index (χ4n) is 1.33. The summed E-state index contributed by atoms with van der Waals surface area (Å²) in [7, 11) is -0.404. The third kappa shape index (κ3) is 3.86. The van der Waals surface area contributed by atoms with Gasteiger partial charge >= 0.3 is 101 Å². The van der Waals surface area contributed by atoms with Crippen LogP contribution in [0.3, 0.4) is 0 Å². The first-order chi connectivity index (χ1) is 8.06. The van der Waals surface area contributed by atoms with E-state index in [1.54, 1.807) is 12.1 Å². The first-order valence-corrected chi connectivity index (χ1v) is 6.01. The fourth-order valence-corrected chi connectivity index (χ4v) is 1.55. The van der Waals surface area contributed by atoms with Gasteiger partial charge in [0.25, 0.3) is 0 Å². The van der Waals surface area contributed by atoms with Crippen LogP contribution < -0.4 is 10.5 Å². The molecule has 4 nitrogen and oxygen atoms in total. The molecule has 1 atom stereocenters. The van der Waals surface area contributed by atoms with Crippen LogP contribution in [-0.2, 0) is 9.36 Å². The zero-order valence-electron chi connectivity index (χ0n) is 9.71. The van der Waals surface area contributed by atoms with Crippen LogP contribution in [0, 0.1) is 5.63 Å². The molecule has 0 aliphatic rings. The first kappa shape index (κ1) is 13.7. The third-order valence-electron chi connectivity index (χ3n) is 2.20. The SMILES string of the molecule is CC(C)c1ccccc1OC(=O)C(N)C#P=O. The van der Waals surface area contributed by atoms with Crippen molar-refractivity contribution in [2.45, 2.75) is 25.8 Å². The van der Waals surface area contributed by atoms with Crippen LogP contribution >= 0.6 is 7.92 Å². The predicted molar refractivity (Wildman–Crippen MR) is 65.6 cm³/mol. The number of hydrogen-bond acceptors (Lipinski definition) is 4. The molecule has 0 bridgehead atoms. The van der Waals surface area contributed by atoms with Gasteiger partial charge in [-0.05, 0) is 0 Å². The van der Waals surface area contributed by atoms with E-state index in [9.17, 15) is 9.36 Å². The van der Waals surface area contributed by atoms with Crippen LogP contribution in [0.4, 0.5) is 0 Å². The van der Waals surface area contributed by atoms with Gasteiger partial charge in [0, 0.05) is 0 Å². The number of carbonyl (C=O) groups is 1. The number of rotatable bonds is 3. The second-order valence-corrected chi connectivity index (χ2v) is 4.25. The number of ether oxygens (including phenoxy) is 1. The van der Waals surface area contributed by atoms with E-state index in [4.69, 9.17) is 10.5 Å². The maximum atomic E-state index is 11.5. The van der Waals surface area contributed by atoms with Gasteiger partial charge in [-0.2, -0.15) is 0 Å². The molecule has 0 amide bonds. The molecule has 1 rings (SSSR count). The average molecular weight is 251 g/mol. The normalized spacial score (nSPS) is 11.8. The fraction of sp³-hybridized carbons (Fsp3) is 0.333. The van der Waals surface area contributed by atoms with Crippen LogP contribution in [-0.4, -0.2) is 12.0 Å². The third-order valence-corrected chi connectivity index (χ3v) is 2.58. The van der Waals surface area contributed by atoms with Crippen molar-refractivity contribution in [2.75, 3.05) is 0 Å². The zero-order valence-corrected chi connectivity index (χ0v) is 10.6. The van der Waals surface area contributed by atoms with Crippen molar-refractivity contribution >= 4 is 13.9 Å². The minimum absolute atomic E-state index is 0.237. The van der Waals surface area contributed by atoms with E-state index in [0.29, 0.717) is 5.75 Å². The van der Waals surface area contributed by atoms with Crippen LogP contribution in [0.5, 0.6) is 5.75 Å². The molecular weight excluding hydrogens is 237 g/mol. The second-order valence-electron chi connectivity index (χ2n) is 3.81. The molecule has 0 aliphatic carbocycles. The molecule has 5 heteroatoms. The van der Waals surface area contributed by atoms with Crippen molar-refractivity contribution < 1.29 is 14.1 Å². The molecule has 0 aliphatic heterocycles. The van der Waals surface area contributed by atoms with E-state index in [0.717, 1.165) is 5.56 Å². The number of hydrogen-bond donors (Lipinski definition) is 1. The van der Waals surface area contributed by atoms with Gasteiger partial charge in [0.15, 0.2) is 0 Å². The Morgan fingerprint density at radius 3 is 2.65 bits per heavy atom. The van der Waals surface area contributed by atoms with Crippen LogP contribution in [0.2, 0.25) is 0 Å². The monoisotopic (exact) mass is 251 g/mol. The van der Waals surface area contributed by atoms with Crippen molar-refractivity contribution in [3.63, 3.8) is 0 Å². The Kier molecular flexibility index (Phi) is 5.17. The Hall–Kier alpha value is -1.34. The Bertz CT molecular complexity index is 507. The molecule has 0 spiro atoms. The summed E-state index contributed by atoms with van der Waals surface area (Å²) >= 11 is 0. The number of para-hydroxylation sites is 1. The molecule has 0 aromatic heterocycles. The van der Waals surface area contributed by atoms with E-state index in [1.807, 2.05) is 26.0 Å². The van der Waals surface area contributed by atoms with E-state index in [1.165, 1.54) is 0 Å². The maximum absolute atomic E-state index is 11.5. The van der Waals surface area contributed by atoms with Gasteiger partial charge in [-0.15, -0.1) is 0 Å². The standard InChI is InChI=1S/C12H14NO3P/c1-8(2)9-5-3-4-6-11(9)16-12(14)10(13)7-17-15/h3-6,8,10H,13H2,1-2H3. The van der Waals surface area contributed by atoms with Crippen molar-refractivity contribution in [2.24, 2.45) is 5.73 Å². The van der Waals surface area contributed by atoms with Gasteiger partial charge in [0.05, 0.1) is 0 Å². The van der Waals surface area contributed by atoms with Gasteiger partial charge < -0.3 is 0 Å². The van der Waals surface area contributed by atoms with Gasteiger partial charge in [0.1, 0.15) is 0 Å². The summed E-state index contributed by atoms with van der Waals surface area (Å²) in [5.74, 6) is 0.0505. The van der Waals surface area contributed by atoms with Crippen LogP contribution in [0.25, 0.3) is 0 Å². The Balaban J connectivity index is 2.91. The molecule has 0 heterocycles. The minimum atomic E-state index is -1.10. The Morgan fingerprint density at radius 2 is 2.06 bits per heavy atom. The number of benzene rings is 1. The summed E-state index contributed by atoms with van der Waals surface area (Å²) in [6.07, 6.45) is 0. The van der Waals surface area contributed by atoms with E-state index < -0.39 is 19.9 Å². The van der Waals surface area contributed by atoms with E-state index in [2.05, 4.69) is 5.63 Å². The van der Waals surface area contributed by atoms with Crippen molar-refractivity contribution in [1.82, 2.24) is 0 Å². The Labute approximate surface area is 101 Å². The summed E-state index contributed by atoms with van der Waals surface area (Å²) < 4.78 is 15.4. The van der Waals surface area contributed by atoms with Crippen LogP contribution in [0.1, 0.15) is 25.3 Å². The zero-order chi connectivity index (χ0) is 12.8. The molecule has 0 saturated carbocycles. The number of esters is 1. The summed E-state index contributed by atoms with van der Waals surface area (Å²) in [6.45, 7) is 4.00. The molecular formula is C12H14NO3P. The van der Waals surface area contributed by atoms with Gasteiger partial charge in [-0.25, -0.2) is 0 Å². The molecule has 1 unspecified atom stereocenters. The summed E-state index contributed by atoms with van der Waals surface area (Å²) in [5, 5.41) is 0. The van der Waals surface area contributed by atoms with Crippen molar-refractivity contribution in [3.8, 4) is 11.4 Å². The summed E-state index contributed by atoms with van der Waals surface area (Å²) in [4.78, 5) is 11.5. The van der Waals surface area contributed by atoms with Crippen LogP contribution in [0.15, 0.2) is 24.3 Å². The van der Waals surface area contributed by atoms with Gasteiger partial charge in [0.2, 0.25) is 0 Å². The quantitative estimate of drug-likeness (QED) is 0.508. The number of nitrogens with two attached hydrogens (primary N) is 1. The van der Waals surface area contributed by atoms with Crippen molar-refractivity contribution in [3.05, 3.63) is 29.8 Å². The molecule has 1 aromatic rings. The second kappa shape index (κ2) is 6.41. The molecule has 17 heavy (non-hydrogen) atoms. The summed E-state index contributed by atoms with van der Waals surface area (Å²) in [5.41, 5.74) is 8.57. The van der Waals surface area contributed by atoms with E-state index in [-0.39, 0.29) is 5.92 Å². The molecule has 0 saturated heterocycles. The topological polar surface area (TPSA) is 69.4 Å². The number of carbonyl (C=O) groups excluding carboxylic acids is 1. The van der Waals surface area contributed by atoms with Gasteiger partial charge in [-0.1, -0.05) is 0 Å². The van der Waals surface area contributed by atoms with E-state index >= 15 is 0 Å². The first-order valence-electron chi connectivity index (χ1n) is 5.20. The molecule has 0 fully saturated rings. The predicted octanol–water partition coefficient (Wildman–Crippen LogP) is 2.29. The Morgan fingerprint density at radius 1 is 1.41 bits per heavy atom. The molecule has 0 radical (unpaired) electrons.